The Labute approximate surface area is 320 Å². The van der Waals surface area contributed by atoms with E-state index in [9.17, 15) is 52.7 Å². The first kappa shape index (κ1) is 45.8. The van der Waals surface area contributed by atoms with Crippen LogP contribution in [0.4, 0.5) is 87.8 Å². The zero-order chi connectivity index (χ0) is 44.2. The van der Waals surface area contributed by atoms with Crippen LogP contribution in [0.3, 0.4) is 0 Å². The molecule has 5 aromatic rings. The SMILES string of the molecule is Cc1cc(C)c([Cl+]/C=C\Cl)c(C)c1.Fc1c(F)c(F)c([B-](c2c(F)c(F)c(F)c(F)c2F)(c2c(F)c(F)c(F)c(F)c2F)c2c(F)c(F)c(F)c(F)c2F)c(F)c1F. The van der Waals surface area contributed by atoms with Gasteiger partial charge >= 0.3 is 0 Å². The Morgan fingerprint density at radius 1 is 0.362 bits per heavy atom. The van der Waals surface area contributed by atoms with Gasteiger partial charge < -0.3 is 0 Å². The summed E-state index contributed by atoms with van der Waals surface area (Å²) < 4.78 is 294. The maximum atomic E-state index is 15.4. The summed E-state index contributed by atoms with van der Waals surface area (Å²) in [6.45, 7) is 6.34. The predicted octanol–water partition coefficient (Wildman–Crippen LogP) is 9.67. The number of hydrogen-bond donors (Lipinski definition) is 0. The molecule has 58 heavy (non-hydrogen) atoms. The minimum Gasteiger partial charge on any atom is -0.207 e. The van der Waals surface area contributed by atoms with Gasteiger partial charge in [0.2, 0.25) is 21.4 Å². The topological polar surface area (TPSA) is 0 Å². The van der Waals surface area contributed by atoms with E-state index in [1.54, 1.807) is 0 Å². The lowest BCUT2D eigenvalue weighted by atomic mass is 9.12. The van der Waals surface area contributed by atoms with Crippen molar-refractivity contribution in [3.8, 4) is 0 Å². The van der Waals surface area contributed by atoms with E-state index in [2.05, 4.69) is 43.7 Å². The van der Waals surface area contributed by atoms with Crippen molar-refractivity contribution >= 4 is 39.6 Å². The highest BCUT2D eigenvalue weighted by Crippen LogP contribution is 2.31. The Balaban J connectivity index is 0.000000486. The third kappa shape index (κ3) is 7.02. The Kier molecular flexibility index (Phi) is 13.2. The van der Waals surface area contributed by atoms with Crippen LogP contribution in [-0.2, 0) is 0 Å². The van der Waals surface area contributed by atoms with Crippen LogP contribution < -0.4 is 21.9 Å². The standard InChI is InChI=1S/C24BF20.C11H13Cl2/c26-5-1(6(27)14(35)21(42)13(5)34)25(2-7(28)15(36)22(43)16(37)8(2)29,3-9(30)17(38)23(44)18(39)10(3)31)4-11(32)19(40)24(45)20(41)12(4)33;1-8-6-9(2)11(10(3)7-8)13-5-4-12/h;4-7H,1-3H3/q-1;+1/b;5-4-. The minimum absolute atomic E-state index is 1.25. The van der Waals surface area contributed by atoms with Crippen molar-refractivity contribution in [1.29, 1.82) is 0 Å². The third-order valence-electron chi connectivity index (χ3n) is 8.51. The van der Waals surface area contributed by atoms with Gasteiger partial charge in [0.1, 0.15) is 52.7 Å². The van der Waals surface area contributed by atoms with E-state index in [0.717, 1.165) is 0 Å². The average Bonchev–Trinajstić information content (AvgIpc) is 3.17. The molecule has 0 spiro atoms. The molecule has 0 radical (unpaired) electrons. The second kappa shape index (κ2) is 16.7. The molecule has 0 aliphatic heterocycles. The Morgan fingerprint density at radius 3 is 0.741 bits per heavy atom. The molecular formula is C35H13BCl2F20. The monoisotopic (exact) mass is 894 g/mol. The molecule has 5 rings (SSSR count). The van der Waals surface area contributed by atoms with Crippen molar-refractivity contribution in [1.82, 2.24) is 0 Å². The van der Waals surface area contributed by atoms with Crippen LogP contribution in [0.2, 0.25) is 5.02 Å². The molecule has 0 atom stereocenters. The van der Waals surface area contributed by atoms with Gasteiger partial charge in [-0.15, -0.1) is 21.9 Å². The Bertz CT molecular complexity index is 2130. The molecule has 0 bridgehead atoms. The van der Waals surface area contributed by atoms with Gasteiger partial charge in [-0.25, -0.2) is 87.8 Å². The van der Waals surface area contributed by atoms with Crippen molar-refractivity contribution < 1.29 is 98.6 Å². The van der Waals surface area contributed by atoms with Crippen LogP contribution in [0, 0.1) is 148 Å². The third-order valence-corrected chi connectivity index (χ3v) is 9.83. The van der Waals surface area contributed by atoms with E-state index in [1.165, 1.54) is 27.2 Å². The van der Waals surface area contributed by atoms with E-state index in [-0.39, 0.29) is 0 Å². The lowest BCUT2D eigenvalue weighted by Crippen LogP contribution is -2.81. The highest BCUT2D eigenvalue weighted by atomic mass is 35.5. The van der Waals surface area contributed by atoms with Crippen molar-refractivity contribution in [3.05, 3.63) is 161 Å². The number of aryl methyl sites for hydroxylation is 3. The predicted molar refractivity (Wildman–Crippen MR) is 164 cm³/mol. The number of rotatable bonds is 6. The summed E-state index contributed by atoms with van der Waals surface area (Å²) in [5.74, 6) is -71.4. The van der Waals surface area contributed by atoms with E-state index >= 15 is 35.1 Å². The van der Waals surface area contributed by atoms with E-state index in [4.69, 9.17) is 11.6 Å². The molecule has 0 saturated carbocycles. The van der Waals surface area contributed by atoms with Crippen molar-refractivity contribution in [3.63, 3.8) is 0 Å². The van der Waals surface area contributed by atoms with E-state index in [1.807, 2.05) is 5.54 Å². The second-order valence-corrected chi connectivity index (χ2v) is 13.0. The van der Waals surface area contributed by atoms with Gasteiger partial charge in [0, 0.05) is 11.1 Å². The van der Waals surface area contributed by atoms with Crippen LogP contribution in [0.1, 0.15) is 16.7 Å². The number of halogens is 22. The molecule has 0 aliphatic rings. The fourth-order valence-corrected chi connectivity index (χ4v) is 7.07. The zero-order valence-electron chi connectivity index (χ0n) is 28.2. The zero-order valence-corrected chi connectivity index (χ0v) is 29.7. The smallest absolute Gasteiger partial charge is 0.207 e. The quantitative estimate of drug-likeness (QED) is 0.0690. The lowest BCUT2D eigenvalue weighted by molar-refractivity contribution is -0.525. The van der Waals surface area contributed by atoms with Crippen molar-refractivity contribution in [2.45, 2.75) is 20.8 Å². The molecule has 0 aliphatic carbocycles. The summed E-state index contributed by atoms with van der Waals surface area (Å²) in [5.41, 5.74) is -7.08. The molecular weight excluding hydrogens is 882 g/mol. The summed E-state index contributed by atoms with van der Waals surface area (Å²) in [4.78, 5) is 0. The van der Waals surface area contributed by atoms with Gasteiger partial charge in [-0.2, -0.15) is 0 Å². The first-order valence-corrected chi connectivity index (χ1v) is 16.3. The molecule has 310 valence electrons. The lowest BCUT2D eigenvalue weighted by Gasteiger charge is -2.44. The summed E-state index contributed by atoms with van der Waals surface area (Å²) in [6.07, 6.45) is -7.22. The van der Waals surface area contributed by atoms with Crippen LogP contribution in [0.25, 0.3) is 0 Å². The van der Waals surface area contributed by atoms with Crippen LogP contribution in [-0.4, -0.2) is 6.15 Å². The molecule has 0 fully saturated rings. The molecule has 0 saturated heterocycles. The van der Waals surface area contributed by atoms with Gasteiger partial charge in [-0.3, -0.25) is 0 Å². The fraction of sp³-hybridized carbons (Fsp3) is 0.0857. The number of benzene rings is 5. The largest absolute Gasteiger partial charge is 0.240 e. The first-order valence-electron chi connectivity index (χ1n) is 15.0. The molecule has 5 aromatic carbocycles. The Morgan fingerprint density at radius 2 is 0.552 bits per heavy atom. The minimum atomic E-state index is -7.22. The van der Waals surface area contributed by atoms with Crippen LogP contribution in [0.5, 0.6) is 0 Å². The average molecular weight is 895 g/mol. The highest BCUT2D eigenvalue weighted by Gasteiger charge is 2.52. The maximum absolute atomic E-state index is 15.4. The molecule has 0 aromatic heterocycles. The summed E-state index contributed by atoms with van der Waals surface area (Å²) >= 11 is 5.47. The molecule has 0 N–H and O–H groups in total. The van der Waals surface area contributed by atoms with Gasteiger partial charge in [0.15, 0.2) is 69.8 Å². The summed E-state index contributed by atoms with van der Waals surface area (Å²) in [7, 11) is 2.16. The van der Waals surface area contributed by atoms with Crippen molar-refractivity contribution in [2.24, 2.45) is 0 Å². The molecule has 23 heteroatoms. The summed E-state index contributed by atoms with van der Waals surface area (Å²) in [6, 6.07) is 4.36. The first-order chi connectivity index (χ1) is 26.8. The molecule has 0 heterocycles. The van der Waals surface area contributed by atoms with Gasteiger partial charge in [-0.05, 0) is 20.8 Å². The van der Waals surface area contributed by atoms with Crippen molar-refractivity contribution in [2.75, 3.05) is 0 Å². The van der Waals surface area contributed by atoms with Gasteiger partial charge in [0.05, 0.1) is 5.54 Å². The van der Waals surface area contributed by atoms with Crippen LogP contribution >= 0.6 is 11.6 Å². The number of hydrogen-bond acceptors (Lipinski definition) is 0. The van der Waals surface area contributed by atoms with Crippen LogP contribution in [0.15, 0.2) is 23.2 Å². The molecule has 0 amide bonds. The van der Waals surface area contributed by atoms with E-state index in [0.29, 0.717) is 0 Å². The molecule has 0 nitrogen and oxygen atoms in total. The molecule has 0 unspecified atom stereocenters. The normalized spacial score (nSPS) is 11.8. The van der Waals surface area contributed by atoms with Gasteiger partial charge in [-0.1, -0.05) is 29.3 Å². The van der Waals surface area contributed by atoms with Gasteiger partial charge in [0.25, 0.3) is 0 Å². The highest BCUT2D eigenvalue weighted by molar-refractivity contribution is 7.20. The fourth-order valence-electron chi connectivity index (χ4n) is 6.30. The summed E-state index contributed by atoms with van der Waals surface area (Å²) in [5, 5.41) is 1.25. The Hall–Kier alpha value is -4.92. The second-order valence-electron chi connectivity index (χ2n) is 11.9. The van der Waals surface area contributed by atoms with E-state index < -0.39 is 144 Å². The maximum Gasteiger partial charge on any atom is 0.240 e.